The van der Waals surface area contributed by atoms with Gasteiger partial charge in [-0.1, -0.05) is 30.3 Å². The second-order valence-electron chi connectivity index (χ2n) is 3.74. The Morgan fingerprint density at radius 3 is 2.84 bits per heavy atom. The summed E-state index contributed by atoms with van der Waals surface area (Å²) in [6, 6.07) is 1.17. The van der Waals surface area contributed by atoms with Gasteiger partial charge in [-0.2, -0.15) is 4.98 Å². The maximum absolute atomic E-state index is 13.9. The van der Waals surface area contributed by atoms with E-state index in [1.165, 1.54) is 24.9 Å². The van der Waals surface area contributed by atoms with Gasteiger partial charge in [0, 0.05) is 17.7 Å². The van der Waals surface area contributed by atoms with E-state index in [1.54, 1.807) is 0 Å². The van der Waals surface area contributed by atoms with E-state index in [9.17, 15) is 9.50 Å². The largest absolute Gasteiger partial charge is 0.493 e. The molecule has 19 heavy (non-hydrogen) atoms. The molecule has 0 aliphatic rings. The third-order valence-electron chi connectivity index (χ3n) is 2.50. The zero-order valence-corrected chi connectivity index (χ0v) is 12.0. The van der Waals surface area contributed by atoms with Crippen LogP contribution in [0.25, 0.3) is 10.9 Å². The van der Waals surface area contributed by atoms with Crippen molar-refractivity contribution in [2.45, 2.75) is 18.7 Å². The number of methoxy groups -OCH3 is 1. The molecule has 0 radical (unpaired) electrons. The Kier molecular flexibility index (Phi) is 4.44. The number of hydrogen-bond donors (Lipinski definition) is 1. The van der Waals surface area contributed by atoms with Crippen LogP contribution in [-0.2, 0) is 11.3 Å². The normalized spacial score (nSPS) is 11.2. The molecule has 2 aromatic rings. The van der Waals surface area contributed by atoms with Gasteiger partial charge in [-0.25, -0.2) is 9.37 Å². The van der Waals surface area contributed by atoms with Crippen LogP contribution in [0.5, 0.6) is 5.88 Å². The number of aromatic hydroxyl groups is 1. The molecule has 0 saturated carbocycles. The monoisotopic (exact) mass is 302 g/mol. The number of benzene rings is 1. The third-order valence-corrected chi connectivity index (χ3v) is 3.57. The van der Waals surface area contributed by atoms with Crippen LogP contribution in [0.2, 0.25) is 5.02 Å². The fourth-order valence-corrected chi connectivity index (χ4v) is 2.55. The number of rotatable bonds is 4. The smallest absolute Gasteiger partial charge is 0.223 e. The molecule has 0 amide bonds. The second-order valence-corrected chi connectivity index (χ2v) is 5.38. The van der Waals surface area contributed by atoms with Gasteiger partial charge in [0.15, 0.2) is 11.0 Å². The van der Waals surface area contributed by atoms with Gasteiger partial charge in [0.1, 0.15) is 5.52 Å². The first-order valence-electron chi connectivity index (χ1n) is 5.57. The van der Waals surface area contributed by atoms with Gasteiger partial charge in [0.25, 0.3) is 0 Å². The average Bonchev–Trinajstić information content (AvgIpc) is 2.35. The molecule has 0 spiro atoms. The van der Waals surface area contributed by atoms with Gasteiger partial charge in [0.2, 0.25) is 5.88 Å². The van der Waals surface area contributed by atoms with Gasteiger partial charge in [-0.15, -0.1) is 0 Å². The van der Waals surface area contributed by atoms with Crippen molar-refractivity contribution >= 4 is 34.3 Å². The van der Waals surface area contributed by atoms with E-state index in [4.69, 9.17) is 16.3 Å². The molecule has 2 rings (SSSR count). The summed E-state index contributed by atoms with van der Waals surface area (Å²) < 4.78 is 18.9. The summed E-state index contributed by atoms with van der Waals surface area (Å²) in [5.74, 6) is -0.143. The number of ether oxygens (including phenoxy) is 1. The number of aromatic nitrogens is 2. The van der Waals surface area contributed by atoms with Crippen LogP contribution in [-0.4, -0.2) is 27.9 Å². The molecule has 1 aromatic carbocycles. The number of nitrogens with zero attached hydrogens (tertiary/aromatic N) is 2. The minimum absolute atomic E-state index is 0.0555. The van der Waals surface area contributed by atoms with E-state index in [1.807, 2.05) is 6.92 Å². The van der Waals surface area contributed by atoms with E-state index in [-0.39, 0.29) is 28.4 Å². The Labute approximate surface area is 119 Å². The summed E-state index contributed by atoms with van der Waals surface area (Å²) in [4.78, 5) is 8.05. The molecular formula is C12H12ClFN2O2S. The molecule has 102 valence electrons. The van der Waals surface area contributed by atoms with Crippen LogP contribution in [0, 0.1) is 5.82 Å². The number of hydrogen-bond acceptors (Lipinski definition) is 5. The fourth-order valence-electron chi connectivity index (χ4n) is 1.74. The molecule has 0 saturated heterocycles. The number of thioether (sulfide) groups is 1. The molecule has 0 fully saturated rings. The maximum Gasteiger partial charge on any atom is 0.223 e. The SMILES string of the molecule is CCSc1nc(O)c2c(COC)c(Cl)cc(F)c2n1. The van der Waals surface area contributed by atoms with Crippen molar-refractivity contribution in [2.75, 3.05) is 12.9 Å². The minimum atomic E-state index is -0.587. The molecule has 7 heteroatoms. The van der Waals surface area contributed by atoms with Crippen molar-refractivity contribution < 1.29 is 14.2 Å². The van der Waals surface area contributed by atoms with Crippen LogP contribution in [0.15, 0.2) is 11.2 Å². The molecule has 1 aromatic heterocycles. The highest BCUT2D eigenvalue weighted by atomic mass is 35.5. The zero-order chi connectivity index (χ0) is 14.0. The number of halogens is 2. The highest BCUT2D eigenvalue weighted by molar-refractivity contribution is 7.99. The predicted octanol–water partition coefficient (Wildman–Crippen LogP) is 3.39. The Hall–Kier alpha value is -1.11. The maximum atomic E-state index is 13.9. The van der Waals surface area contributed by atoms with E-state index >= 15 is 0 Å². The van der Waals surface area contributed by atoms with Gasteiger partial charge in [-0.3, -0.25) is 0 Å². The summed E-state index contributed by atoms with van der Waals surface area (Å²) in [5.41, 5.74) is 0.533. The molecule has 4 nitrogen and oxygen atoms in total. The second kappa shape index (κ2) is 5.90. The average molecular weight is 303 g/mol. The molecule has 0 unspecified atom stereocenters. The van der Waals surface area contributed by atoms with Gasteiger partial charge in [-0.05, 0) is 11.8 Å². The van der Waals surface area contributed by atoms with Crippen LogP contribution in [0.1, 0.15) is 12.5 Å². The summed E-state index contributed by atoms with van der Waals surface area (Å²) in [5, 5.41) is 10.7. The molecule has 0 aliphatic heterocycles. The lowest BCUT2D eigenvalue weighted by atomic mass is 10.1. The predicted molar refractivity (Wildman–Crippen MR) is 73.3 cm³/mol. The third kappa shape index (κ3) is 2.75. The lowest BCUT2D eigenvalue weighted by Gasteiger charge is -2.10. The van der Waals surface area contributed by atoms with E-state index < -0.39 is 5.82 Å². The highest BCUT2D eigenvalue weighted by Crippen LogP contribution is 2.34. The Morgan fingerprint density at radius 1 is 1.47 bits per heavy atom. The van der Waals surface area contributed by atoms with Gasteiger partial charge >= 0.3 is 0 Å². The molecule has 1 N–H and O–H groups in total. The Bertz CT molecular complexity index is 624. The van der Waals surface area contributed by atoms with Crippen LogP contribution in [0.4, 0.5) is 4.39 Å². The van der Waals surface area contributed by atoms with Crippen molar-refractivity contribution in [3.63, 3.8) is 0 Å². The Balaban J connectivity index is 2.76. The molecule has 0 bridgehead atoms. The van der Waals surface area contributed by atoms with Crippen molar-refractivity contribution in [3.05, 3.63) is 22.5 Å². The van der Waals surface area contributed by atoms with Gasteiger partial charge in [0.05, 0.1) is 12.0 Å². The first kappa shape index (κ1) is 14.3. The molecule has 0 atom stereocenters. The van der Waals surface area contributed by atoms with Crippen molar-refractivity contribution in [3.8, 4) is 5.88 Å². The first-order valence-corrected chi connectivity index (χ1v) is 6.94. The van der Waals surface area contributed by atoms with Crippen LogP contribution < -0.4 is 0 Å². The number of fused-ring (bicyclic) bond motifs is 1. The minimum Gasteiger partial charge on any atom is -0.493 e. The summed E-state index contributed by atoms with van der Waals surface area (Å²) in [6.45, 7) is 2.07. The van der Waals surface area contributed by atoms with Gasteiger partial charge < -0.3 is 9.84 Å². The summed E-state index contributed by atoms with van der Waals surface area (Å²) in [7, 11) is 1.49. The first-order chi connectivity index (χ1) is 9.08. The molecular weight excluding hydrogens is 291 g/mol. The van der Waals surface area contributed by atoms with Crippen LogP contribution >= 0.6 is 23.4 Å². The molecule has 0 aliphatic carbocycles. The van der Waals surface area contributed by atoms with E-state index in [0.717, 1.165) is 5.75 Å². The quantitative estimate of drug-likeness (QED) is 0.693. The van der Waals surface area contributed by atoms with Crippen molar-refractivity contribution in [1.29, 1.82) is 0 Å². The van der Waals surface area contributed by atoms with Crippen molar-refractivity contribution in [2.24, 2.45) is 0 Å². The van der Waals surface area contributed by atoms with E-state index in [2.05, 4.69) is 9.97 Å². The topological polar surface area (TPSA) is 55.2 Å². The van der Waals surface area contributed by atoms with Crippen molar-refractivity contribution in [1.82, 2.24) is 9.97 Å². The van der Waals surface area contributed by atoms with E-state index in [0.29, 0.717) is 10.7 Å². The standard InChI is InChI=1S/C12H12ClFN2O2S/c1-3-19-12-15-10-8(14)4-7(13)6(5-18-2)9(10)11(17)16-12/h4H,3,5H2,1-2H3,(H,15,16,17). The highest BCUT2D eigenvalue weighted by Gasteiger charge is 2.18. The van der Waals surface area contributed by atoms with Crippen LogP contribution in [0.3, 0.4) is 0 Å². The molecule has 1 heterocycles. The fraction of sp³-hybridized carbons (Fsp3) is 0.333. The lowest BCUT2D eigenvalue weighted by Crippen LogP contribution is -1.99. The Morgan fingerprint density at radius 2 is 2.21 bits per heavy atom. The zero-order valence-electron chi connectivity index (χ0n) is 10.4. The lowest BCUT2D eigenvalue weighted by molar-refractivity contribution is 0.186. The summed E-state index contributed by atoms with van der Waals surface area (Å²) in [6.07, 6.45) is 0. The summed E-state index contributed by atoms with van der Waals surface area (Å²) >= 11 is 7.29.